The van der Waals surface area contributed by atoms with Crippen molar-refractivity contribution in [3.63, 3.8) is 0 Å². The van der Waals surface area contributed by atoms with Crippen LogP contribution in [0.5, 0.6) is 0 Å². The molecular weight excluding hydrogens is 709 g/mol. The highest BCUT2D eigenvalue weighted by atomic mass is 31.2. The summed E-state index contributed by atoms with van der Waals surface area (Å²) in [5, 5.41) is 9.89. The van der Waals surface area contributed by atoms with Gasteiger partial charge in [0.05, 0.1) is 27.7 Å². The zero-order valence-electron chi connectivity index (χ0n) is 36.6. The molecule has 0 heterocycles. The number of quaternary nitrogens is 1. The number of likely N-dealkylation sites (N-methyl/N-ethyl adjacent to an activating group) is 1. The Bertz CT molecular complexity index is 936. The number of ether oxygens (including phenoxy) is 1. The molecule has 0 aliphatic rings. The molecule has 0 radical (unpaired) electrons. The first-order valence-electron chi connectivity index (χ1n) is 23.1. The monoisotopic (exact) mass is 800 g/mol. The first-order chi connectivity index (χ1) is 26.6. The van der Waals surface area contributed by atoms with E-state index < -0.39 is 20.5 Å². The second kappa shape index (κ2) is 39.8. The van der Waals surface area contributed by atoms with E-state index in [0.717, 1.165) is 25.7 Å². The van der Waals surface area contributed by atoms with Gasteiger partial charge in [0, 0.05) is 6.42 Å². The normalized spacial score (nSPS) is 13.9. The lowest BCUT2D eigenvalue weighted by molar-refractivity contribution is -0.870. The van der Waals surface area contributed by atoms with E-state index in [4.69, 9.17) is 13.8 Å². The van der Waals surface area contributed by atoms with Crippen LogP contribution in [0, 0.1) is 0 Å². The van der Waals surface area contributed by atoms with Gasteiger partial charge >= 0.3 is 5.97 Å². The van der Waals surface area contributed by atoms with Gasteiger partial charge in [-0.15, -0.1) is 0 Å². The Morgan fingerprint density at radius 3 is 1.36 bits per heavy atom. The maximum atomic E-state index is 11.9. The molecule has 1 N–H and O–H groups in total. The zero-order chi connectivity index (χ0) is 40.6. The molecule has 0 aliphatic heterocycles. The highest BCUT2D eigenvalue weighted by molar-refractivity contribution is 7.45. The number of aliphatic hydroxyl groups is 1. The van der Waals surface area contributed by atoms with E-state index in [1.807, 2.05) is 21.1 Å². The lowest BCUT2D eigenvalue weighted by Crippen LogP contribution is -2.37. The van der Waals surface area contributed by atoms with Crippen molar-refractivity contribution in [2.45, 2.75) is 218 Å². The molecule has 0 amide bonds. The third-order valence-electron chi connectivity index (χ3n) is 10.2. The van der Waals surface area contributed by atoms with Gasteiger partial charge in [0.15, 0.2) is 0 Å². The predicted molar refractivity (Wildman–Crippen MR) is 231 cm³/mol. The Kier molecular flexibility index (Phi) is 39.1. The molecule has 0 aromatic carbocycles. The summed E-state index contributed by atoms with van der Waals surface area (Å²) < 4.78 is 26.9. The molecule has 0 saturated heterocycles. The third kappa shape index (κ3) is 45.6. The van der Waals surface area contributed by atoms with Crippen molar-refractivity contribution >= 4 is 13.8 Å². The summed E-state index contributed by atoms with van der Waals surface area (Å²) in [6.07, 6.45) is 49.5. The number of aliphatic hydroxyl groups excluding tert-OH is 1. The maximum absolute atomic E-state index is 11.9. The number of carbonyl (C=O) groups is 1. The van der Waals surface area contributed by atoms with Gasteiger partial charge in [-0.05, 0) is 38.5 Å². The molecule has 2 unspecified atom stereocenters. The number of phosphoric ester groups is 1. The largest absolute Gasteiger partial charge is 0.756 e. The van der Waals surface area contributed by atoms with Crippen LogP contribution in [0.2, 0.25) is 0 Å². The first kappa shape index (κ1) is 54.0. The van der Waals surface area contributed by atoms with Crippen LogP contribution in [0.4, 0.5) is 0 Å². The third-order valence-corrected chi connectivity index (χ3v) is 11.2. The molecular formula is C46H90NO7P. The van der Waals surface area contributed by atoms with Crippen LogP contribution in [-0.4, -0.2) is 69.2 Å². The molecule has 0 aromatic rings. The Balaban J connectivity index is 3.32. The first-order valence-corrected chi connectivity index (χ1v) is 24.6. The van der Waals surface area contributed by atoms with Crippen molar-refractivity contribution in [3.05, 3.63) is 24.3 Å². The molecule has 0 fully saturated rings. The van der Waals surface area contributed by atoms with Crippen LogP contribution in [0.15, 0.2) is 24.3 Å². The maximum Gasteiger partial charge on any atom is 0.305 e. The molecule has 0 saturated carbocycles. The average Bonchev–Trinajstić information content (AvgIpc) is 3.14. The van der Waals surface area contributed by atoms with E-state index in [0.29, 0.717) is 17.4 Å². The smallest absolute Gasteiger partial charge is 0.305 e. The van der Waals surface area contributed by atoms with E-state index in [1.165, 1.54) is 173 Å². The van der Waals surface area contributed by atoms with Crippen LogP contribution in [-0.2, 0) is 23.1 Å². The van der Waals surface area contributed by atoms with Crippen LogP contribution in [0.3, 0.4) is 0 Å². The Labute approximate surface area is 340 Å². The second-order valence-corrected chi connectivity index (χ2v) is 18.4. The molecule has 0 aliphatic carbocycles. The number of hydrogen-bond acceptors (Lipinski definition) is 7. The summed E-state index contributed by atoms with van der Waals surface area (Å²) in [7, 11) is 1.26. The number of unbranched alkanes of at least 4 members (excludes halogenated alkanes) is 28. The minimum atomic E-state index is -4.50. The Morgan fingerprint density at radius 2 is 0.964 bits per heavy atom. The SMILES string of the molecule is CCCCCCC/C=C\C/C=C\CCCCCCCCCCCCCCCCCCCCCCCCCC(=O)OCC(O)COP(=O)([O-])OCC[N+](C)(C)C. The number of esters is 1. The fraction of sp³-hybridized carbons (Fsp3) is 0.891. The van der Waals surface area contributed by atoms with Gasteiger partial charge in [-0.3, -0.25) is 9.36 Å². The van der Waals surface area contributed by atoms with Crippen molar-refractivity contribution < 1.29 is 37.6 Å². The minimum Gasteiger partial charge on any atom is -0.756 e. The van der Waals surface area contributed by atoms with Crippen molar-refractivity contribution in [2.75, 3.05) is 47.5 Å². The van der Waals surface area contributed by atoms with Crippen molar-refractivity contribution in [1.82, 2.24) is 0 Å². The number of hydrogen-bond donors (Lipinski definition) is 1. The molecule has 2 atom stereocenters. The number of carbonyl (C=O) groups excluding carboxylic acids is 1. The van der Waals surface area contributed by atoms with Crippen LogP contribution in [0.1, 0.15) is 212 Å². The molecule has 326 valence electrons. The van der Waals surface area contributed by atoms with Crippen LogP contribution >= 0.6 is 7.82 Å². The van der Waals surface area contributed by atoms with E-state index >= 15 is 0 Å². The summed E-state index contributed by atoms with van der Waals surface area (Å²) in [5.74, 6) is -0.382. The Morgan fingerprint density at radius 1 is 0.582 bits per heavy atom. The number of allylic oxidation sites excluding steroid dienone is 4. The lowest BCUT2D eigenvalue weighted by atomic mass is 10.0. The fourth-order valence-electron chi connectivity index (χ4n) is 6.57. The minimum absolute atomic E-state index is 0.00631. The zero-order valence-corrected chi connectivity index (χ0v) is 37.5. The van der Waals surface area contributed by atoms with E-state index in [-0.39, 0.29) is 19.2 Å². The lowest BCUT2D eigenvalue weighted by Gasteiger charge is -2.27. The van der Waals surface area contributed by atoms with Crippen LogP contribution in [0.25, 0.3) is 0 Å². The van der Waals surface area contributed by atoms with Crippen LogP contribution < -0.4 is 4.89 Å². The quantitative estimate of drug-likeness (QED) is 0.0215. The van der Waals surface area contributed by atoms with Crippen molar-refractivity contribution in [2.24, 2.45) is 0 Å². The number of rotatable bonds is 43. The molecule has 0 rings (SSSR count). The topological polar surface area (TPSA) is 105 Å². The second-order valence-electron chi connectivity index (χ2n) is 17.0. The standard InChI is InChI=1S/C46H90NO7P/c1-5-6-7-8-9-10-11-12-13-14-15-16-17-18-19-20-21-22-23-24-25-26-27-28-29-30-31-32-33-34-35-36-37-38-39-40-46(49)52-43-45(48)44-54-55(50,51)53-42-41-47(2,3)4/h11-12,14-15,45,48H,5-10,13,16-44H2,1-4H3/b12-11-,15-14-. The van der Waals surface area contributed by atoms with Gasteiger partial charge in [-0.2, -0.15) is 0 Å². The molecule has 0 aromatic heterocycles. The van der Waals surface area contributed by atoms with Crippen molar-refractivity contribution in [1.29, 1.82) is 0 Å². The number of nitrogens with zero attached hydrogens (tertiary/aromatic N) is 1. The van der Waals surface area contributed by atoms with Gasteiger partial charge in [0.1, 0.15) is 25.9 Å². The van der Waals surface area contributed by atoms with Crippen molar-refractivity contribution in [3.8, 4) is 0 Å². The molecule has 55 heavy (non-hydrogen) atoms. The van der Waals surface area contributed by atoms with Gasteiger partial charge in [0.25, 0.3) is 7.82 Å². The summed E-state index contributed by atoms with van der Waals surface area (Å²) in [4.78, 5) is 23.7. The molecule has 9 heteroatoms. The Hall–Kier alpha value is -1.02. The summed E-state index contributed by atoms with van der Waals surface area (Å²) in [6.45, 7) is 1.96. The van der Waals surface area contributed by atoms with Gasteiger partial charge in [-0.1, -0.05) is 192 Å². The molecule has 0 bridgehead atoms. The fourth-order valence-corrected chi connectivity index (χ4v) is 7.30. The molecule has 0 spiro atoms. The van der Waals surface area contributed by atoms with E-state index in [9.17, 15) is 19.4 Å². The highest BCUT2D eigenvalue weighted by Crippen LogP contribution is 2.38. The summed E-state index contributed by atoms with van der Waals surface area (Å²) in [5.41, 5.74) is 0. The summed E-state index contributed by atoms with van der Waals surface area (Å²) in [6, 6.07) is 0. The van der Waals surface area contributed by atoms with Gasteiger partial charge in [-0.25, -0.2) is 0 Å². The van der Waals surface area contributed by atoms with Gasteiger partial charge < -0.3 is 28.3 Å². The highest BCUT2D eigenvalue weighted by Gasteiger charge is 2.17. The molecule has 8 nitrogen and oxygen atoms in total. The van der Waals surface area contributed by atoms with Gasteiger partial charge in [0.2, 0.25) is 0 Å². The van der Waals surface area contributed by atoms with E-state index in [1.54, 1.807) is 0 Å². The number of phosphoric acid groups is 1. The average molecular weight is 800 g/mol. The van der Waals surface area contributed by atoms with E-state index in [2.05, 4.69) is 31.2 Å². The summed E-state index contributed by atoms with van der Waals surface area (Å²) >= 11 is 0. The predicted octanol–water partition coefficient (Wildman–Crippen LogP) is 12.7.